The van der Waals surface area contributed by atoms with Crippen LogP contribution >= 0.6 is 0 Å². The Hall–Kier alpha value is -1.28. The van der Waals surface area contributed by atoms with Crippen LogP contribution in [0.2, 0.25) is 0 Å². The fourth-order valence-electron chi connectivity index (χ4n) is 9.36. The van der Waals surface area contributed by atoms with Crippen molar-refractivity contribution < 1.29 is 27.6 Å². The number of benzene rings is 1. The molecule has 1 aromatic carbocycles. The number of fused-ring (bicyclic) bond motifs is 2. The van der Waals surface area contributed by atoms with Gasteiger partial charge in [-0.15, -0.1) is 0 Å². The van der Waals surface area contributed by atoms with E-state index in [1.54, 1.807) is 24.3 Å². The lowest BCUT2D eigenvalue weighted by Gasteiger charge is -2.45. The van der Waals surface area contributed by atoms with E-state index in [0.29, 0.717) is 23.7 Å². The lowest BCUT2D eigenvalue weighted by molar-refractivity contribution is -0.114. The predicted octanol–water partition coefficient (Wildman–Crippen LogP) is 6.31. The minimum Gasteiger partial charge on any atom is -0.393 e. The maximum Gasteiger partial charge on any atom is 0.296 e. The highest BCUT2D eigenvalue weighted by atomic mass is 32.2. The molecule has 0 radical (unpaired) electrons. The highest BCUT2D eigenvalue weighted by molar-refractivity contribution is 7.86. The van der Waals surface area contributed by atoms with Gasteiger partial charge >= 0.3 is 0 Å². The summed E-state index contributed by atoms with van der Waals surface area (Å²) in [6.07, 6.45) is 11.5. The average Bonchev–Trinajstić information content (AvgIpc) is 3.46. The molecule has 0 saturated heterocycles. The number of aryl methyl sites for hydroxylation is 1. The number of aliphatic hydroxyl groups excluding tert-OH is 2. The molecule has 0 spiro atoms. The molecule has 5 rings (SSSR count). The lowest BCUT2D eigenvalue weighted by Crippen LogP contribution is -2.42. The van der Waals surface area contributed by atoms with Crippen LogP contribution in [0.1, 0.15) is 97.5 Å². The zero-order chi connectivity index (χ0) is 29.3. The van der Waals surface area contributed by atoms with E-state index < -0.39 is 10.1 Å². The van der Waals surface area contributed by atoms with Crippen molar-refractivity contribution >= 4 is 16.4 Å². The molecule has 1 aromatic rings. The molecule has 4 fully saturated rings. The summed E-state index contributed by atoms with van der Waals surface area (Å²) < 4.78 is 30.2. The Kier molecular flexibility index (Phi) is 9.91. The van der Waals surface area contributed by atoms with Gasteiger partial charge in [-0.05, 0) is 111 Å². The molecule has 0 aliphatic heterocycles. The smallest absolute Gasteiger partial charge is 0.296 e. The topological polar surface area (TPSA) is 101 Å². The molecule has 0 aromatic heterocycles. The van der Waals surface area contributed by atoms with Crippen LogP contribution in [0.25, 0.3) is 0 Å². The first-order chi connectivity index (χ1) is 18.8. The van der Waals surface area contributed by atoms with Crippen molar-refractivity contribution in [2.45, 2.75) is 116 Å². The quantitative estimate of drug-likeness (QED) is 0.291. The van der Waals surface area contributed by atoms with E-state index in [1.165, 1.54) is 6.42 Å². The second-order valence-corrected chi connectivity index (χ2v) is 15.7. The molecule has 226 valence electrons. The number of aldehydes is 1. The average molecular weight is 577 g/mol. The predicted molar refractivity (Wildman–Crippen MR) is 157 cm³/mol. The number of aliphatic hydroxyl groups is 2. The number of hydrogen-bond donors (Lipinski definition) is 2. The minimum absolute atomic E-state index is 0.105. The summed E-state index contributed by atoms with van der Waals surface area (Å²) in [5.74, 6) is 2.00. The number of hydrogen-bond acceptors (Lipinski definition) is 6. The normalized spacial score (nSPS) is 38.9. The Morgan fingerprint density at radius 2 is 1.38 bits per heavy atom. The molecule has 0 amide bonds. The van der Waals surface area contributed by atoms with Crippen molar-refractivity contribution in [1.29, 1.82) is 0 Å². The summed E-state index contributed by atoms with van der Waals surface area (Å²) in [5, 5.41) is 20.4. The van der Waals surface area contributed by atoms with Crippen molar-refractivity contribution in [1.82, 2.24) is 0 Å². The minimum atomic E-state index is -3.71. The van der Waals surface area contributed by atoms with Crippen LogP contribution in [0.3, 0.4) is 0 Å². The van der Waals surface area contributed by atoms with Crippen LogP contribution in [-0.4, -0.2) is 43.7 Å². The summed E-state index contributed by atoms with van der Waals surface area (Å²) >= 11 is 0. The van der Waals surface area contributed by atoms with Gasteiger partial charge in [0.25, 0.3) is 10.1 Å². The third kappa shape index (κ3) is 6.23. The van der Waals surface area contributed by atoms with E-state index >= 15 is 0 Å². The molecule has 6 unspecified atom stereocenters. The van der Waals surface area contributed by atoms with Gasteiger partial charge in [0.1, 0.15) is 6.29 Å². The Labute approximate surface area is 242 Å². The van der Waals surface area contributed by atoms with Crippen LogP contribution in [-0.2, 0) is 19.1 Å². The SMILES string of the molecule is C[C@H](C=O)[C@H]1CCC2C(O)CCCC21C.Cc1ccc(S(=O)(=O)OC[C@@H](C)[C@H]2CCC3C(O)CCCC32C)cc1. The number of carbonyl (C=O) groups excluding carboxylic acids is 1. The molecule has 4 saturated carbocycles. The second-order valence-electron chi connectivity index (χ2n) is 14.0. The largest absolute Gasteiger partial charge is 0.393 e. The van der Waals surface area contributed by atoms with Gasteiger partial charge in [0.15, 0.2) is 0 Å². The van der Waals surface area contributed by atoms with Crippen molar-refractivity contribution in [2.24, 2.45) is 46.3 Å². The number of carbonyl (C=O) groups is 1. The van der Waals surface area contributed by atoms with Gasteiger partial charge in [0.2, 0.25) is 0 Å². The van der Waals surface area contributed by atoms with E-state index in [0.717, 1.165) is 69.6 Å². The maximum atomic E-state index is 12.4. The van der Waals surface area contributed by atoms with Crippen molar-refractivity contribution in [3.8, 4) is 0 Å². The van der Waals surface area contributed by atoms with Crippen LogP contribution < -0.4 is 0 Å². The summed E-state index contributed by atoms with van der Waals surface area (Å²) in [6.45, 7) is 10.8. The third-order valence-corrected chi connectivity index (χ3v) is 13.0. The van der Waals surface area contributed by atoms with Gasteiger partial charge in [-0.2, -0.15) is 8.42 Å². The van der Waals surface area contributed by atoms with E-state index in [-0.39, 0.29) is 46.4 Å². The second kappa shape index (κ2) is 12.5. The number of rotatable bonds is 7. The standard InChI is InChI=1S/C20H30O4S.C13H22O2/c1-14-6-8-16(9-7-14)25(22,23)24-13-15(2)17-10-11-18-19(21)5-4-12-20(17,18)3;1-9(8-14)10-5-6-11-12(15)4-3-7-13(10,11)2/h6-9,15,17-19,21H,4-5,10-13H2,1-3H3;8-12,15H,3-7H2,1-2H3/t15-,17-,18?,19?,20?;9-,10-,11?,12?,13?/m11/s1. The van der Waals surface area contributed by atoms with E-state index in [1.807, 2.05) is 13.8 Å². The summed E-state index contributed by atoms with van der Waals surface area (Å²) in [5.41, 5.74) is 1.35. The highest BCUT2D eigenvalue weighted by Gasteiger charge is 2.53. The van der Waals surface area contributed by atoms with Gasteiger partial charge in [0.05, 0.1) is 23.7 Å². The van der Waals surface area contributed by atoms with Crippen molar-refractivity contribution in [3.05, 3.63) is 29.8 Å². The fraction of sp³-hybridized carbons (Fsp3) is 0.788. The first-order valence-electron chi connectivity index (χ1n) is 15.6. The Balaban J connectivity index is 0.000000210. The zero-order valence-electron chi connectivity index (χ0n) is 25.2. The zero-order valence-corrected chi connectivity index (χ0v) is 26.0. The Morgan fingerprint density at radius 3 is 1.90 bits per heavy atom. The van der Waals surface area contributed by atoms with Gasteiger partial charge in [-0.3, -0.25) is 4.18 Å². The summed E-state index contributed by atoms with van der Waals surface area (Å²) in [6, 6.07) is 6.76. The van der Waals surface area contributed by atoms with E-state index in [4.69, 9.17) is 4.18 Å². The van der Waals surface area contributed by atoms with Crippen LogP contribution in [0.4, 0.5) is 0 Å². The molecule has 2 N–H and O–H groups in total. The highest BCUT2D eigenvalue weighted by Crippen LogP contribution is 2.58. The first kappa shape index (κ1) is 31.7. The van der Waals surface area contributed by atoms with Crippen LogP contribution in [0, 0.1) is 53.3 Å². The molecule has 4 aliphatic carbocycles. The van der Waals surface area contributed by atoms with Crippen LogP contribution in [0.15, 0.2) is 29.2 Å². The molecule has 0 bridgehead atoms. The Morgan fingerprint density at radius 1 is 0.875 bits per heavy atom. The summed E-state index contributed by atoms with van der Waals surface area (Å²) in [7, 11) is -3.71. The van der Waals surface area contributed by atoms with E-state index in [2.05, 4.69) is 20.8 Å². The van der Waals surface area contributed by atoms with Crippen molar-refractivity contribution in [3.63, 3.8) is 0 Å². The van der Waals surface area contributed by atoms with Crippen LogP contribution in [0.5, 0.6) is 0 Å². The molecule has 6 nitrogen and oxygen atoms in total. The molecule has 4 aliphatic rings. The first-order valence-corrected chi connectivity index (χ1v) is 17.0. The monoisotopic (exact) mass is 576 g/mol. The van der Waals surface area contributed by atoms with Gasteiger partial charge in [-0.25, -0.2) is 0 Å². The van der Waals surface area contributed by atoms with Gasteiger partial charge in [-0.1, -0.05) is 58.2 Å². The molecule has 40 heavy (non-hydrogen) atoms. The van der Waals surface area contributed by atoms with E-state index in [9.17, 15) is 23.4 Å². The molecule has 7 heteroatoms. The maximum absolute atomic E-state index is 12.4. The molecular weight excluding hydrogens is 524 g/mol. The molecule has 0 heterocycles. The van der Waals surface area contributed by atoms with Crippen molar-refractivity contribution in [2.75, 3.05) is 6.61 Å². The lowest BCUT2D eigenvalue weighted by atomic mass is 9.62. The Bertz CT molecular complexity index is 1100. The fourth-order valence-corrected chi connectivity index (χ4v) is 10.4. The third-order valence-electron chi connectivity index (χ3n) is 11.7. The summed E-state index contributed by atoms with van der Waals surface area (Å²) in [4.78, 5) is 11.1. The molecule has 10 atom stereocenters. The van der Waals surface area contributed by atoms with Gasteiger partial charge in [0, 0.05) is 5.92 Å². The van der Waals surface area contributed by atoms with Gasteiger partial charge < -0.3 is 15.0 Å². The molecular formula is C33H52O6S.